The maximum absolute atomic E-state index is 12.6. The number of hydrogen-bond donors (Lipinski definition) is 0. The standard InChI is InChI=1S/C34H23NO2/c36-33-26-21-23(18-17-22(26)19-20-37-33)35-31-15-7-5-13-29(31)34(30-14-6-8-16-32(30)35)27-11-3-1-9-24(27)25-10-2-4-12-28(25)34/h1-18,21H,19-20H2. The normalized spacial score (nSPS) is 15.8. The fourth-order valence-electron chi connectivity index (χ4n) is 6.78. The molecular formula is C34H23NO2. The maximum atomic E-state index is 12.6. The molecule has 0 amide bonds. The molecule has 37 heavy (non-hydrogen) atoms. The Kier molecular flexibility index (Phi) is 4.13. The minimum atomic E-state index is -0.427. The van der Waals surface area contributed by atoms with Crippen LogP contribution in [0, 0.1) is 0 Å². The van der Waals surface area contributed by atoms with E-state index < -0.39 is 5.41 Å². The molecule has 0 saturated carbocycles. The second-order valence-electron chi connectivity index (χ2n) is 9.94. The summed E-state index contributed by atoms with van der Waals surface area (Å²) >= 11 is 0. The van der Waals surface area contributed by atoms with Crippen molar-refractivity contribution in [1.82, 2.24) is 0 Å². The number of anilines is 3. The average Bonchev–Trinajstić information content (AvgIpc) is 3.25. The van der Waals surface area contributed by atoms with Gasteiger partial charge in [-0.1, -0.05) is 91.0 Å². The van der Waals surface area contributed by atoms with Gasteiger partial charge in [-0.25, -0.2) is 4.79 Å². The zero-order valence-corrected chi connectivity index (χ0v) is 20.1. The predicted octanol–water partition coefficient (Wildman–Crippen LogP) is 7.55. The van der Waals surface area contributed by atoms with E-state index in [0.717, 1.165) is 29.0 Å². The molecule has 3 nitrogen and oxygen atoms in total. The summed E-state index contributed by atoms with van der Waals surface area (Å²) in [5.41, 5.74) is 12.2. The van der Waals surface area contributed by atoms with Crippen molar-refractivity contribution in [3.8, 4) is 11.1 Å². The molecule has 8 rings (SSSR count). The van der Waals surface area contributed by atoms with Crippen LogP contribution in [0.25, 0.3) is 11.1 Å². The monoisotopic (exact) mass is 477 g/mol. The van der Waals surface area contributed by atoms with Crippen molar-refractivity contribution in [3.63, 3.8) is 0 Å². The maximum Gasteiger partial charge on any atom is 0.338 e. The number of carbonyl (C=O) groups excluding carboxylic acids is 1. The molecule has 0 bridgehead atoms. The lowest BCUT2D eigenvalue weighted by Gasteiger charge is -2.45. The van der Waals surface area contributed by atoms with Crippen LogP contribution in [0.1, 0.15) is 38.2 Å². The Balaban J connectivity index is 1.47. The van der Waals surface area contributed by atoms with Crippen LogP contribution in [0.3, 0.4) is 0 Å². The SMILES string of the molecule is O=C1OCCc2ccc(N3c4ccccc4C4(c5ccccc5-c5ccccc54)c4ccccc43)cc21. The van der Waals surface area contributed by atoms with Gasteiger partial charge in [0.2, 0.25) is 0 Å². The van der Waals surface area contributed by atoms with Gasteiger partial charge in [0, 0.05) is 12.1 Å². The Morgan fingerprint density at radius 3 is 1.76 bits per heavy atom. The number of rotatable bonds is 1. The van der Waals surface area contributed by atoms with Gasteiger partial charge in [-0.2, -0.15) is 0 Å². The van der Waals surface area contributed by atoms with Crippen LogP contribution in [0.4, 0.5) is 17.1 Å². The van der Waals surface area contributed by atoms with Crippen molar-refractivity contribution >= 4 is 23.0 Å². The second kappa shape index (κ2) is 7.44. The smallest absolute Gasteiger partial charge is 0.338 e. The first-order valence-corrected chi connectivity index (χ1v) is 12.8. The summed E-state index contributed by atoms with van der Waals surface area (Å²) in [5, 5.41) is 0. The fraction of sp³-hybridized carbons (Fsp3) is 0.0882. The first-order valence-electron chi connectivity index (χ1n) is 12.8. The van der Waals surface area contributed by atoms with Crippen LogP contribution >= 0.6 is 0 Å². The summed E-state index contributed by atoms with van der Waals surface area (Å²) in [6, 6.07) is 41.3. The second-order valence-corrected chi connectivity index (χ2v) is 9.94. The van der Waals surface area contributed by atoms with Gasteiger partial charge in [-0.05, 0) is 63.2 Å². The van der Waals surface area contributed by atoms with Gasteiger partial charge in [0.05, 0.1) is 29.0 Å². The van der Waals surface area contributed by atoms with Gasteiger partial charge < -0.3 is 9.64 Å². The number of hydrogen-bond acceptors (Lipinski definition) is 3. The molecule has 0 N–H and O–H groups in total. The molecule has 3 aliphatic rings. The summed E-state index contributed by atoms with van der Waals surface area (Å²) in [7, 11) is 0. The van der Waals surface area contributed by atoms with Gasteiger partial charge in [0.15, 0.2) is 0 Å². The first kappa shape index (κ1) is 20.6. The topological polar surface area (TPSA) is 29.5 Å². The highest BCUT2D eigenvalue weighted by atomic mass is 16.5. The van der Waals surface area contributed by atoms with E-state index in [1.165, 1.54) is 33.4 Å². The average molecular weight is 478 g/mol. The van der Waals surface area contributed by atoms with E-state index in [-0.39, 0.29) is 5.97 Å². The lowest BCUT2D eigenvalue weighted by atomic mass is 9.64. The van der Waals surface area contributed by atoms with Gasteiger partial charge in [-0.15, -0.1) is 0 Å². The zero-order chi connectivity index (χ0) is 24.6. The number of esters is 1. The lowest BCUT2D eigenvalue weighted by molar-refractivity contribution is 0.0480. The van der Waals surface area contributed by atoms with Gasteiger partial charge >= 0.3 is 5.97 Å². The minimum absolute atomic E-state index is 0.239. The third-order valence-electron chi connectivity index (χ3n) is 8.23. The fourth-order valence-corrected chi connectivity index (χ4v) is 6.78. The molecule has 0 aromatic heterocycles. The molecule has 1 aliphatic carbocycles. The summed E-state index contributed by atoms with van der Waals surface area (Å²) in [4.78, 5) is 15.0. The van der Waals surface area contributed by atoms with Crippen molar-refractivity contribution in [2.45, 2.75) is 11.8 Å². The predicted molar refractivity (Wildman–Crippen MR) is 146 cm³/mol. The number of benzene rings is 5. The third kappa shape index (κ3) is 2.58. The Labute approximate surface area is 215 Å². The van der Waals surface area contributed by atoms with E-state index in [2.05, 4.69) is 114 Å². The molecule has 0 atom stereocenters. The van der Waals surface area contributed by atoms with Crippen LogP contribution < -0.4 is 4.90 Å². The molecule has 2 heterocycles. The van der Waals surface area contributed by atoms with E-state index in [1.807, 2.05) is 6.07 Å². The Morgan fingerprint density at radius 1 is 0.595 bits per heavy atom. The van der Waals surface area contributed by atoms with Crippen LogP contribution in [-0.2, 0) is 16.6 Å². The third-order valence-corrected chi connectivity index (χ3v) is 8.23. The number of para-hydroxylation sites is 2. The molecule has 0 unspecified atom stereocenters. The molecule has 3 heteroatoms. The van der Waals surface area contributed by atoms with Gasteiger partial charge in [0.25, 0.3) is 0 Å². The molecule has 0 radical (unpaired) electrons. The molecule has 5 aromatic carbocycles. The van der Waals surface area contributed by atoms with E-state index in [1.54, 1.807) is 0 Å². The number of ether oxygens (including phenoxy) is 1. The highest BCUT2D eigenvalue weighted by Gasteiger charge is 2.51. The van der Waals surface area contributed by atoms with E-state index in [4.69, 9.17) is 4.74 Å². The molecule has 0 fully saturated rings. The molecule has 176 valence electrons. The summed E-state index contributed by atoms with van der Waals surface area (Å²) in [5.74, 6) is -0.239. The zero-order valence-electron chi connectivity index (χ0n) is 20.1. The number of fused-ring (bicyclic) bond motifs is 10. The molecule has 2 aliphatic heterocycles. The lowest BCUT2D eigenvalue weighted by Crippen LogP contribution is -2.36. The van der Waals surface area contributed by atoms with Gasteiger partial charge in [-0.3, -0.25) is 0 Å². The van der Waals surface area contributed by atoms with E-state index >= 15 is 0 Å². The summed E-state index contributed by atoms with van der Waals surface area (Å²) < 4.78 is 5.38. The Bertz CT molecular complexity index is 1660. The van der Waals surface area contributed by atoms with E-state index in [0.29, 0.717) is 12.2 Å². The Morgan fingerprint density at radius 2 is 1.14 bits per heavy atom. The van der Waals surface area contributed by atoms with Crippen LogP contribution in [-0.4, -0.2) is 12.6 Å². The van der Waals surface area contributed by atoms with Crippen molar-refractivity contribution in [3.05, 3.63) is 149 Å². The van der Waals surface area contributed by atoms with Crippen LogP contribution in [0.5, 0.6) is 0 Å². The minimum Gasteiger partial charge on any atom is -0.462 e. The summed E-state index contributed by atoms with van der Waals surface area (Å²) in [6.07, 6.45) is 0.755. The molecular weight excluding hydrogens is 454 g/mol. The van der Waals surface area contributed by atoms with Crippen molar-refractivity contribution in [2.75, 3.05) is 11.5 Å². The Hall–Kier alpha value is -4.63. The highest BCUT2D eigenvalue weighted by molar-refractivity contribution is 5.98. The quantitative estimate of drug-likeness (QED) is 0.229. The highest BCUT2D eigenvalue weighted by Crippen LogP contribution is 2.63. The van der Waals surface area contributed by atoms with Gasteiger partial charge in [0.1, 0.15) is 0 Å². The summed E-state index contributed by atoms with van der Waals surface area (Å²) in [6.45, 7) is 0.446. The number of cyclic esters (lactones) is 1. The van der Waals surface area contributed by atoms with Crippen molar-refractivity contribution in [2.24, 2.45) is 0 Å². The first-order chi connectivity index (χ1) is 18.3. The van der Waals surface area contributed by atoms with Crippen LogP contribution in [0.2, 0.25) is 0 Å². The molecule has 5 aromatic rings. The number of nitrogens with zero attached hydrogens (tertiary/aromatic N) is 1. The molecule has 1 spiro atoms. The van der Waals surface area contributed by atoms with Crippen molar-refractivity contribution in [1.29, 1.82) is 0 Å². The van der Waals surface area contributed by atoms with Crippen molar-refractivity contribution < 1.29 is 9.53 Å². The van der Waals surface area contributed by atoms with Crippen LogP contribution in [0.15, 0.2) is 115 Å². The number of carbonyl (C=O) groups is 1. The molecule has 0 saturated heterocycles. The largest absolute Gasteiger partial charge is 0.462 e. The van der Waals surface area contributed by atoms with E-state index in [9.17, 15) is 4.79 Å².